The summed E-state index contributed by atoms with van der Waals surface area (Å²) in [5.74, 6) is 1.46. The molecule has 0 saturated carbocycles. The fraction of sp³-hybridized carbons (Fsp3) is 1.00. The molecule has 0 aromatic heterocycles. The standard InChI is InChI=1S/C11H24N2O/c1-9-4-5-13(7-10(2)14-3)8-11(9)6-12/h9-11H,4-8,12H2,1-3H3. The quantitative estimate of drug-likeness (QED) is 0.734. The van der Waals surface area contributed by atoms with Crippen LogP contribution in [0.15, 0.2) is 0 Å². The third-order valence-electron chi connectivity index (χ3n) is 3.42. The van der Waals surface area contributed by atoms with E-state index in [0.717, 1.165) is 25.6 Å². The van der Waals surface area contributed by atoms with Gasteiger partial charge in [-0.1, -0.05) is 6.92 Å². The van der Waals surface area contributed by atoms with Gasteiger partial charge in [-0.3, -0.25) is 0 Å². The van der Waals surface area contributed by atoms with E-state index in [0.29, 0.717) is 12.0 Å². The molecule has 3 nitrogen and oxygen atoms in total. The zero-order valence-electron chi connectivity index (χ0n) is 9.70. The van der Waals surface area contributed by atoms with Crippen molar-refractivity contribution in [2.75, 3.05) is 33.3 Å². The fourth-order valence-electron chi connectivity index (χ4n) is 2.14. The number of nitrogens with zero attached hydrogens (tertiary/aromatic N) is 1. The maximum absolute atomic E-state index is 5.76. The minimum atomic E-state index is 0.335. The van der Waals surface area contributed by atoms with Gasteiger partial charge in [0.25, 0.3) is 0 Å². The van der Waals surface area contributed by atoms with Crippen LogP contribution in [-0.4, -0.2) is 44.3 Å². The number of ether oxygens (including phenoxy) is 1. The Balaban J connectivity index is 2.34. The summed E-state index contributed by atoms with van der Waals surface area (Å²) in [6.07, 6.45) is 1.61. The van der Waals surface area contributed by atoms with Crippen LogP contribution in [0.2, 0.25) is 0 Å². The zero-order valence-corrected chi connectivity index (χ0v) is 9.70. The van der Waals surface area contributed by atoms with E-state index >= 15 is 0 Å². The average molecular weight is 200 g/mol. The minimum Gasteiger partial charge on any atom is -0.380 e. The van der Waals surface area contributed by atoms with Gasteiger partial charge in [-0.2, -0.15) is 0 Å². The highest BCUT2D eigenvalue weighted by atomic mass is 16.5. The molecule has 2 N–H and O–H groups in total. The van der Waals surface area contributed by atoms with Gasteiger partial charge in [-0.15, -0.1) is 0 Å². The summed E-state index contributed by atoms with van der Waals surface area (Å²) >= 11 is 0. The molecule has 0 aliphatic carbocycles. The summed E-state index contributed by atoms with van der Waals surface area (Å²) < 4.78 is 5.28. The lowest BCUT2D eigenvalue weighted by molar-refractivity contribution is 0.0485. The van der Waals surface area contributed by atoms with E-state index in [4.69, 9.17) is 10.5 Å². The smallest absolute Gasteiger partial charge is 0.0670 e. The Kier molecular flexibility index (Phi) is 4.85. The van der Waals surface area contributed by atoms with Gasteiger partial charge in [0.05, 0.1) is 6.10 Å². The number of nitrogens with two attached hydrogens (primary N) is 1. The largest absolute Gasteiger partial charge is 0.380 e. The van der Waals surface area contributed by atoms with E-state index in [2.05, 4.69) is 18.7 Å². The van der Waals surface area contributed by atoms with Crippen LogP contribution in [0.3, 0.4) is 0 Å². The van der Waals surface area contributed by atoms with Gasteiger partial charge < -0.3 is 15.4 Å². The van der Waals surface area contributed by atoms with Crippen molar-refractivity contribution in [3.63, 3.8) is 0 Å². The molecule has 0 aromatic carbocycles. The highest BCUT2D eigenvalue weighted by molar-refractivity contribution is 4.79. The monoisotopic (exact) mass is 200 g/mol. The molecule has 0 radical (unpaired) electrons. The van der Waals surface area contributed by atoms with E-state index in [1.54, 1.807) is 7.11 Å². The van der Waals surface area contributed by atoms with Crippen molar-refractivity contribution in [2.24, 2.45) is 17.6 Å². The predicted molar refractivity (Wildman–Crippen MR) is 59.2 cm³/mol. The van der Waals surface area contributed by atoms with Crippen LogP contribution >= 0.6 is 0 Å². The van der Waals surface area contributed by atoms with Crippen molar-refractivity contribution < 1.29 is 4.74 Å². The van der Waals surface area contributed by atoms with E-state index in [9.17, 15) is 0 Å². The molecule has 1 saturated heterocycles. The minimum absolute atomic E-state index is 0.335. The first-order valence-corrected chi connectivity index (χ1v) is 5.62. The molecule has 84 valence electrons. The topological polar surface area (TPSA) is 38.5 Å². The summed E-state index contributed by atoms with van der Waals surface area (Å²) in [6, 6.07) is 0. The van der Waals surface area contributed by atoms with Crippen molar-refractivity contribution in [1.82, 2.24) is 4.90 Å². The van der Waals surface area contributed by atoms with Crippen molar-refractivity contribution in [2.45, 2.75) is 26.4 Å². The van der Waals surface area contributed by atoms with E-state index in [1.165, 1.54) is 13.0 Å². The van der Waals surface area contributed by atoms with Crippen molar-refractivity contribution in [3.05, 3.63) is 0 Å². The van der Waals surface area contributed by atoms with Crippen molar-refractivity contribution >= 4 is 0 Å². The molecule has 1 fully saturated rings. The summed E-state index contributed by atoms with van der Waals surface area (Å²) in [4.78, 5) is 2.48. The number of rotatable bonds is 4. The van der Waals surface area contributed by atoms with Gasteiger partial charge in [0.15, 0.2) is 0 Å². The third kappa shape index (κ3) is 3.23. The molecular weight excluding hydrogens is 176 g/mol. The molecule has 1 rings (SSSR count). The first-order valence-electron chi connectivity index (χ1n) is 5.62. The summed E-state index contributed by atoms with van der Waals surface area (Å²) in [5.41, 5.74) is 5.76. The molecule has 0 spiro atoms. The third-order valence-corrected chi connectivity index (χ3v) is 3.42. The van der Waals surface area contributed by atoms with E-state index in [-0.39, 0.29) is 0 Å². The lowest BCUT2D eigenvalue weighted by Gasteiger charge is -2.37. The van der Waals surface area contributed by atoms with Crippen LogP contribution in [0.25, 0.3) is 0 Å². The summed E-state index contributed by atoms with van der Waals surface area (Å²) in [5, 5.41) is 0. The summed E-state index contributed by atoms with van der Waals surface area (Å²) in [6.45, 7) is 8.64. The second-order valence-corrected chi connectivity index (χ2v) is 4.57. The molecule has 14 heavy (non-hydrogen) atoms. The number of likely N-dealkylation sites (tertiary alicyclic amines) is 1. The van der Waals surface area contributed by atoms with Crippen LogP contribution in [0.4, 0.5) is 0 Å². The lowest BCUT2D eigenvalue weighted by Crippen LogP contribution is -2.45. The first kappa shape index (κ1) is 12.0. The van der Waals surface area contributed by atoms with Gasteiger partial charge in [0.2, 0.25) is 0 Å². The number of methoxy groups -OCH3 is 1. The Hall–Kier alpha value is -0.120. The van der Waals surface area contributed by atoms with Crippen molar-refractivity contribution in [3.8, 4) is 0 Å². The zero-order chi connectivity index (χ0) is 10.6. The molecule has 0 aromatic rings. The Bertz CT molecular complexity index is 163. The second-order valence-electron chi connectivity index (χ2n) is 4.57. The maximum Gasteiger partial charge on any atom is 0.0670 e. The van der Waals surface area contributed by atoms with Crippen LogP contribution < -0.4 is 5.73 Å². The SMILES string of the molecule is COC(C)CN1CCC(C)C(CN)C1. The lowest BCUT2D eigenvalue weighted by atomic mass is 9.87. The Morgan fingerprint density at radius 3 is 2.86 bits per heavy atom. The van der Waals surface area contributed by atoms with Gasteiger partial charge in [-0.25, -0.2) is 0 Å². The van der Waals surface area contributed by atoms with Gasteiger partial charge >= 0.3 is 0 Å². The summed E-state index contributed by atoms with van der Waals surface area (Å²) in [7, 11) is 1.78. The number of piperidine rings is 1. The molecule has 0 bridgehead atoms. The highest BCUT2D eigenvalue weighted by Crippen LogP contribution is 2.22. The molecule has 1 aliphatic rings. The van der Waals surface area contributed by atoms with Gasteiger partial charge in [0.1, 0.15) is 0 Å². The highest BCUT2D eigenvalue weighted by Gasteiger charge is 2.25. The molecule has 1 heterocycles. The van der Waals surface area contributed by atoms with Crippen LogP contribution in [0, 0.1) is 11.8 Å². The van der Waals surface area contributed by atoms with Crippen LogP contribution in [0.1, 0.15) is 20.3 Å². The fourth-order valence-corrected chi connectivity index (χ4v) is 2.14. The Morgan fingerprint density at radius 2 is 2.29 bits per heavy atom. The van der Waals surface area contributed by atoms with Crippen LogP contribution in [-0.2, 0) is 4.74 Å². The number of hydrogen-bond acceptors (Lipinski definition) is 3. The van der Waals surface area contributed by atoms with E-state index < -0.39 is 0 Å². The predicted octanol–water partition coefficient (Wildman–Crippen LogP) is 0.938. The van der Waals surface area contributed by atoms with Gasteiger partial charge in [0, 0.05) is 20.2 Å². The number of hydrogen-bond donors (Lipinski definition) is 1. The second kappa shape index (κ2) is 5.69. The van der Waals surface area contributed by atoms with Crippen LogP contribution in [0.5, 0.6) is 0 Å². The first-order chi connectivity index (χ1) is 6.67. The average Bonchev–Trinajstić information content (AvgIpc) is 2.20. The molecule has 3 unspecified atom stereocenters. The van der Waals surface area contributed by atoms with E-state index in [1.807, 2.05) is 0 Å². The molecule has 3 atom stereocenters. The normalized spacial score (nSPS) is 31.7. The molecule has 0 amide bonds. The maximum atomic E-state index is 5.76. The Labute approximate surface area is 87.6 Å². The molecule has 1 aliphatic heterocycles. The molecule has 3 heteroatoms. The Morgan fingerprint density at radius 1 is 1.57 bits per heavy atom. The van der Waals surface area contributed by atoms with Gasteiger partial charge in [-0.05, 0) is 38.3 Å². The molecular formula is C11H24N2O. The van der Waals surface area contributed by atoms with Crippen molar-refractivity contribution in [1.29, 1.82) is 0 Å².